The van der Waals surface area contributed by atoms with Crippen LogP contribution < -0.4 is 14.2 Å². The number of halogens is 1. The van der Waals surface area contributed by atoms with Crippen LogP contribution in [-0.2, 0) is 4.74 Å². The first-order chi connectivity index (χ1) is 11.3. The molecule has 0 saturated heterocycles. The van der Waals surface area contributed by atoms with Crippen LogP contribution in [0.4, 0.5) is 4.39 Å². The molecule has 0 saturated carbocycles. The Labute approximate surface area is 135 Å². The third-order valence-corrected chi connectivity index (χ3v) is 2.93. The van der Waals surface area contributed by atoms with Gasteiger partial charge in [0.2, 0.25) is 0 Å². The molecule has 23 heavy (non-hydrogen) atoms. The molecule has 0 amide bonds. The van der Waals surface area contributed by atoms with Crippen LogP contribution in [0.5, 0.6) is 17.2 Å². The summed E-state index contributed by atoms with van der Waals surface area (Å²) in [5, 5.41) is 0. The smallest absolute Gasteiger partial charge is 0.165 e. The molecule has 0 aromatic heterocycles. The molecule has 2 aromatic carbocycles. The number of benzene rings is 2. The lowest BCUT2D eigenvalue weighted by Gasteiger charge is -2.10. The number of hydrogen-bond acceptors (Lipinski definition) is 4. The van der Waals surface area contributed by atoms with Crippen molar-refractivity contribution in [3.63, 3.8) is 0 Å². The van der Waals surface area contributed by atoms with E-state index in [2.05, 4.69) is 0 Å². The standard InChI is InChI=1S/C18H21FO4/c1-2-21-15-6-5-7-16(14-15)22-12-10-20-11-13-23-18-9-4-3-8-17(18)19/h3-9,14H,2,10-13H2,1H3. The van der Waals surface area contributed by atoms with Gasteiger partial charge in [0.25, 0.3) is 0 Å². The van der Waals surface area contributed by atoms with Crippen LogP contribution >= 0.6 is 0 Å². The number of rotatable bonds is 10. The number of para-hydroxylation sites is 1. The number of ether oxygens (including phenoxy) is 4. The van der Waals surface area contributed by atoms with Gasteiger partial charge in [-0.05, 0) is 31.2 Å². The first-order valence-corrected chi connectivity index (χ1v) is 7.60. The molecule has 0 N–H and O–H groups in total. The average Bonchev–Trinajstić information content (AvgIpc) is 2.56. The van der Waals surface area contributed by atoms with E-state index in [1.54, 1.807) is 18.2 Å². The minimum Gasteiger partial charge on any atom is -0.494 e. The van der Waals surface area contributed by atoms with Crippen molar-refractivity contribution in [1.29, 1.82) is 0 Å². The van der Waals surface area contributed by atoms with Crippen LogP contribution in [0, 0.1) is 5.82 Å². The van der Waals surface area contributed by atoms with Crippen molar-refractivity contribution in [2.24, 2.45) is 0 Å². The summed E-state index contributed by atoms with van der Waals surface area (Å²) in [6.07, 6.45) is 0. The molecule has 0 spiro atoms. The van der Waals surface area contributed by atoms with Gasteiger partial charge in [-0.25, -0.2) is 4.39 Å². The highest BCUT2D eigenvalue weighted by atomic mass is 19.1. The lowest BCUT2D eigenvalue weighted by atomic mass is 10.3. The Kier molecular flexibility index (Phi) is 7.20. The zero-order chi connectivity index (χ0) is 16.3. The van der Waals surface area contributed by atoms with Gasteiger partial charge in [0.15, 0.2) is 11.6 Å². The lowest BCUT2D eigenvalue weighted by molar-refractivity contribution is 0.0754. The molecule has 0 aliphatic rings. The number of hydrogen-bond donors (Lipinski definition) is 0. The molecule has 0 bridgehead atoms. The van der Waals surface area contributed by atoms with Gasteiger partial charge in [0, 0.05) is 6.07 Å². The molecule has 0 radical (unpaired) electrons. The summed E-state index contributed by atoms with van der Waals surface area (Å²) in [5.41, 5.74) is 0. The summed E-state index contributed by atoms with van der Waals surface area (Å²) in [4.78, 5) is 0. The van der Waals surface area contributed by atoms with Crippen molar-refractivity contribution in [2.75, 3.05) is 33.0 Å². The van der Waals surface area contributed by atoms with Crippen LogP contribution in [0.25, 0.3) is 0 Å². The Morgan fingerprint density at radius 2 is 1.48 bits per heavy atom. The molecule has 0 atom stereocenters. The van der Waals surface area contributed by atoms with E-state index >= 15 is 0 Å². The molecule has 0 aliphatic carbocycles. The maximum Gasteiger partial charge on any atom is 0.165 e. The lowest BCUT2D eigenvalue weighted by Crippen LogP contribution is -2.12. The van der Waals surface area contributed by atoms with Crippen molar-refractivity contribution >= 4 is 0 Å². The van der Waals surface area contributed by atoms with Crippen molar-refractivity contribution < 1.29 is 23.3 Å². The molecule has 0 heterocycles. The SMILES string of the molecule is CCOc1cccc(OCCOCCOc2ccccc2F)c1. The zero-order valence-corrected chi connectivity index (χ0v) is 13.2. The summed E-state index contributed by atoms with van der Waals surface area (Å²) < 4.78 is 34.9. The van der Waals surface area contributed by atoms with E-state index in [1.807, 2.05) is 31.2 Å². The van der Waals surface area contributed by atoms with Crippen molar-refractivity contribution in [3.05, 3.63) is 54.3 Å². The van der Waals surface area contributed by atoms with Crippen LogP contribution in [0.15, 0.2) is 48.5 Å². The van der Waals surface area contributed by atoms with Gasteiger partial charge in [0.1, 0.15) is 24.7 Å². The third-order valence-electron chi connectivity index (χ3n) is 2.93. The Morgan fingerprint density at radius 3 is 2.22 bits per heavy atom. The Hall–Kier alpha value is -2.27. The van der Waals surface area contributed by atoms with Gasteiger partial charge in [-0.15, -0.1) is 0 Å². The molecular formula is C18H21FO4. The summed E-state index contributed by atoms with van der Waals surface area (Å²) >= 11 is 0. The van der Waals surface area contributed by atoms with E-state index in [1.165, 1.54) is 6.07 Å². The highest BCUT2D eigenvalue weighted by molar-refractivity contribution is 5.32. The van der Waals surface area contributed by atoms with Crippen LogP contribution in [0.3, 0.4) is 0 Å². The second-order valence-corrected chi connectivity index (χ2v) is 4.65. The maximum atomic E-state index is 13.3. The second-order valence-electron chi connectivity index (χ2n) is 4.65. The molecule has 0 aliphatic heterocycles. The van der Waals surface area contributed by atoms with E-state index in [4.69, 9.17) is 18.9 Å². The molecule has 2 aromatic rings. The van der Waals surface area contributed by atoms with Crippen LogP contribution in [0.2, 0.25) is 0 Å². The summed E-state index contributed by atoms with van der Waals surface area (Å²) in [6, 6.07) is 13.8. The molecule has 4 nitrogen and oxygen atoms in total. The second kappa shape index (κ2) is 9.69. The normalized spacial score (nSPS) is 10.3. The topological polar surface area (TPSA) is 36.9 Å². The van der Waals surface area contributed by atoms with Gasteiger partial charge in [-0.1, -0.05) is 18.2 Å². The van der Waals surface area contributed by atoms with E-state index < -0.39 is 0 Å². The van der Waals surface area contributed by atoms with E-state index in [-0.39, 0.29) is 11.6 Å². The van der Waals surface area contributed by atoms with Gasteiger partial charge in [-0.3, -0.25) is 0 Å². The summed E-state index contributed by atoms with van der Waals surface area (Å²) in [7, 11) is 0. The van der Waals surface area contributed by atoms with Gasteiger partial charge in [0.05, 0.1) is 19.8 Å². The Morgan fingerprint density at radius 1 is 0.783 bits per heavy atom. The monoisotopic (exact) mass is 320 g/mol. The predicted molar refractivity (Wildman–Crippen MR) is 85.8 cm³/mol. The maximum absolute atomic E-state index is 13.3. The van der Waals surface area contributed by atoms with E-state index in [9.17, 15) is 4.39 Å². The highest BCUT2D eigenvalue weighted by Gasteiger charge is 2.01. The molecule has 124 valence electrons. The first-order valence-electron chi connectivity index (χ1n) is 7.60. The molecule has 5 heteroatoms. The summed E-state index contributed by atoms with van der Waals surface area (Å²) in [5.74, 6) is 1.39. The first kappa shape index (κ1) is 17.1. The molecule has 0 unspecified atom stereocenters. The summed E-state index contributed by atoms with van der Waals surface area (Å²) in [6.45, 7) is 4.07. The van der Waals surface area contributed by atoms with Gasteiger partial charge in [-0.2, -0.15) is 0 Å². The zero-order valence-electron chi connectivity index (χ0n) is 13.2. The van der Waals surface area contributed by atoms with E-state index in [0.717, 1.165) is 11.5 Å². The van der Waals surface area contributed by atoms with Crippen LogP contribution in [0.1, 0.15) is 6.92 Å². The van der Waals surface area contributed by atoms with Crippen LogP contribution in [-0.4, -0.2) is 33.0 Å². The van der Waals surface area contributed by atoms with Crippen molar-refractivity contribution in [1.82, 2.24) is 0 Å². The Bertz CT molecular complexity index is 589. The third kappa shape index (κ3) is 6.16. The minimum atomic E-state index is -0.370. The fourth-order valence-electron chi connectivity index (χ4n) is 1.91. The molecule has 0 fully saturated rings. The van der Waals surface area contributed by atoms with E-state index in [0.29, 0.717) is 33.0 Å². The van der Waals surface area contributed by atoms with Crippen molar-refractivity contribution in [2.45, 2.75) is 6.92 Å². The fourth-order valence-corrected chi connectivity index (χ4v) is 1.91. The predicted octanol–water partition coefficient (Wildman–Crippen LogP) is 3.70. The Balaban J connectivity index is 1.57. The highest BCUT2D eigenvalue weighted by Crippen LogP contribution is 2.19. The van der Waals surface area contributed by atoms with Gasteiger partial charge < -0.3 is 18.9 Å². The van der Waals surface area contributed by atoms with Crippen molar-refractivity contribution in [3.8, 4) is 17.2 Å². The fraction of sp³-hybridized carbons (Fsp3) is 0.333. The molecule has 2 rings (SSSR count). The quantitative estimate of drug-likeness (QED) is 0.626. The largest absolute Gasteiger partial charge is 0.494 e. The minimum absolute atomic E-state index is 0.236. The average molecular weight is 320 g/mol. The van der Waals surface area contributed by atoms with Gasteiger partial charge >= 0.3 is 0 Å². The molecular weight excluding hydrogens is 299 g/mol.